The van der Waals surface area contributed by atoms with Gasteiger partial charge >= 0.3 is 5.97 Å². The number of aryl methyl sites for hydroxylation is 2. The van der Waals surface area contributed by atoms with Crippen LogP contribution in [0, 0.1) is 0 Å². The molecule has 36 heavy (non-hydrogen) atoms. The second kappa shape index (κ2) is 12.1. The predicted octanol–water partition coefficient (Wildman–Crippen LogP) is 5.18. The first-order chi connectivity index (χ1) is 17.4. The molecule has 0 aliphatic carbocycles. The molecule has 4 rings (SSSR count). The van der Waals surface area contributed by atoms with E-state index in [2.05, 4.69) is 22.8 Å². The summed E-state index contributed by atoms with van der Waals surface area (Å²) in [6.45, 7) is 1.51. The van der Waals surface area contributed by atoms with Gasteiger partial charge in [0.15, 0.2) is 0 Å². The van der Waals surface area contributed by atoms with E-state index < -0.39 is 17.9 Å². The first-order valence-electron chi connectivity index (χ1n) is 11.8. The number of carboxylic acids is 1. The van der Waals surface area contributed by atoms with Crippen molar-refractivity contribution < 1.29 is 19.4 Å². The molecular weight excluding hydrogens is 501 g/mol. The topological polar surface area (TPSA) is 101 Å². The maximum absolute atomic E-state index is 12.5. The minimum absolute atomic E-state index is 0.119. The smallest absolute Gasteiger partial charge is 0.326 e. The Morgan fingerprint density at radius 1 is 1.08 bits per heavy atom. The molecule has 0 bridgehead atoms. The van der Waals surface area contributed by atoms with E-state index in [9.17, 15) is 14.7 Å². The number of hydrogen-bond donors (Lipinski definition) is 3. The fourth-order valence-corrected chi connectivity index (χ4v) is 4.56. The van der Waals surface area contributed by atoms with Crippen LogP contribution in [0.15, 0.2) is 54.6 Å². The highest BCUT2D eigenvalue weighted by atomic mass is 35.5. The summed E-state index contributed by atoms with van der Waals surface area (Å²) in [7, 11) is 0. The highest BCUT2D eigenvalue weighted by Crippen LogP contribution is 2.21. The number of pyridine rings is 1. The summed E-state index contributed by atoms with van der Waals surface area (Å²) in [6, 6.07) is 14.7. The van der Waals surface area contributed by atoms with Crippen molar-refractivity contribution in [1.82, 2.24) is 10.3 Å². The van der Waals surface area contributed by atoms with Crippen LogP contribution >= 0.6 is 23.2 Å². The molecule has 1 aliphatic rings. The third-order valence-corrected chi connectivity index (χ3v) is 6.33. The zero-order valence-electron chi connectivity index (χ0n) is 19.6. The molecule has 2 heterocycles. The summed E-state index contributed by atoms with van der Waals surface area (Å²) in [6.07, 6.45) is 3.99. The average molecular weight is 528 g/mol. The van der Waals surface area contributed by atoms with Gasteiger partial charge in [-0.1, -0.05) is 41.4 Å². The number of carboxylic acid groups (broad SMARTS) is 1. The standard InChI is InChI=1S/C27H27Cl2N3O4/c28-20-14-19(15-21(29)16-20)26(33)32-24(27(34)35)13-17-5-9-23(10-6-17)36-12-2-4-22-8-7-18-3-1-11-30-25(18)31-22/h5-10,14-16,24H,1-4,11-13H2,(H,30,31)(H,32,33)(H,34,35)/t24-/m0/s1. The quantitative estimate of drug-likeness (QED) is 0.314. The molecule has 1 aliphatic heterocycles. The van der Waals surface area contributed by atoms with Crippen LogP contribution in [0.5, 0.6) is 5.75 Å². The fraction of sp³-hybridized carbons (Fsp3) is 0.296. The third-order valence-electron chi connectivity index (χ3n) is 5.89. The molecule has 1 aromatic heterocycles. The van der Waals surface area contributed by atoms with Crippen molar-refractivity contribution in [2.24, 2.45) is 0 Å². The number of benzene rings is 2. The zero-order valence-corrected chi connectivity index (χ0v) is 21.1. The van der Waals surface area contributed by atoms with E-state index in [1.54, 1.807) is 24.3 Å². The van der Waals surface area contributed by atoms with Crippen molar-refractivity contribution in [2.75, 3.05) is 18.5 Å². The summed E-state index contributed by atoms with van der Waals surface area (Å²) in [5.41, 5.74) is 3.28. The minimum atomic E-state index is -1.14. The van der Waals surface area contributed by atoms with Gasteiger partial charge in [0.25, 0.3) is 5.91 Å². The summed E-state index contributed by atoms with van der Waals surface area (Å²) >= 11 is 11.9. The van der Waals surface area contributed by atoms with E-state index in [0.29, 0.717) is 22.4 Å². The Morgan fingerprint density at radius 3 is 2.56 bits per heavy atom. The summed E-state index contributed by atoms with van der Waals surface area (Å²) in [5, 5.41) is 16.1. The minimum Gasteiger partial charge on any atom is -0.494 e. The van der Waals surface area contributed by atoms with Gasteiger partial charge in [0.05, 0.1) is 6.61 Å². The Hall–Kier alpha value is -3.29. The second-order valence-electron chi connectivity index (χ2n) is 8.66. The molecule has 1 amide bonds. The Kier molecular flexibility index (Phi) is 8.67. The maximum atomic E-state index is 12.5. The number of ether oxygens (including phenoxy) is 1. The summed E-state index contributed by atoms with van der Waals surface area (Å²) in [4.78, 5) is 29.0. The van der Waals surface area contributed by atoms with E-state index in [0.717, 1.165) is 49.3 Å². The monoisotopic (exact) mass is 527 g/mol. The van der Waals surface area contributed by atoms with Crippen molar-refractivity contribution in [2.45, 2.75) is 38.1 Å². The maximum Gasteiger partial charge on any atom is 0.326 e. The average Bonchev–Trinajstić information content (AvgIpc) is 2.86. The molecule has 0 radical (unpaired) electrons. The van der Waals surface area contributed by atoms with Crippen molar-refractivity contribution in [3.8, 4) is 5.75 Å². The number of fused-ring (bicyclic) bond motifs is 1. The molecule has 3 N–H and O–H groups in total. The van der Waals surface area contributed by atoms with Crippen LogP contribution in [-0.2, 0) is 24.1 Å². The van der Waals surface area contributed by atoms with Crippen molar-refractivity contribution in [1.29, 1.82) is 0 Å². The van der Waals surface area contributed by atoms with Gasteiger partial charge in [-0.15, -0.1) is 0 Å². The van der Waals surface area contributed by atoms with Crippen LogP contribution in [0.3, 0.4) is 0 Å². The SMILES string of the molecule is O=C(N[C@@H](Cc1ccc(OCCCc2ccc3c(n2)NCCC3)cc1)C(=O)O)c1cc(Cl)cc(Cl)c1. The highest BCUT2D eigenvalue weighted by molar-refractivity contribution is 6.35. The van der Waals surface area contributed by atoms with Gasteiger partial charge < -0.3 is 20.5 Å². The van der Waals surface area contributed by atoms with Crippen molar-refractivity contribution in [3.63, 3.8) is 0 Å². The van der Waals surface area contributed by atoms with Gasteiger partial charge in [0.1, 0.15) is 17.6 Å². The number of hydrogen-bond acceptors (Lipinski definition) is 5. The Morgan fingerprint density at radius 2 is 1.83 bits per heavy atom. The lowest BCUT2D eigenvalue weighted by molar-refractivity contribution is -0.139. The molecular formula is C27H27Cl2N3O4. The molecule has 0 fully saturated rings. The van der Waals surface area contributed by atoms with Gasteiger partial charge in [-0.25, -0.2) is 9.78 Å². The Labute approximate surface area is 219 Å². The van der Waals surface area contributed by atoms with E-state index in [1.165, 1.54) is 23.8 Å². The number of aromatic nitrogens is 1. The first kappa shape index (κ1) is 25.8. The van der Waals surface area contributed by atoms with E-state index in [-0.39, 0.29) is 12.0 Å². The number of anilines is 1. The molecule has 1 atom stereocenters. The van der Waals surface area contributed by atoms with Crippen LogP contribution < -0.4 is 15.4 Å². The molecule has 0 unspecified atom stereocenters. The molecule has 9 heteroatoms. The van der Waals surface area contributed by atoms with Crippen LogP contribution in [0.2, 0.25) is 10.0 Å². The lowest BCUT2D eigenvalue weighted by Crippen LogP contribution is -2.42. The number of halogens is 2. The van der Waals surface area contributed by atoms with Gasteiger partial charge in [-0.2, -0.15) is 0 Å². The number of nitrogens with zero attached hydrogens (tertiary/aromatic N) is 1. The van der Waals surface area contributed by atoms with Crippen molar-refractivity contribution in [3.05, 3.63) is 87.0 Å². The normalized spacial score (nSPS) is 13.3. The van der Waals surface area contributed by atoms with Crippen LogP contribution in [-0.4, -0.2) is 41.2 Å². The number of amides is 1. The molecule has 188 valence electrons. The van der Waals surface area contributed by atoms with Crippen LogP contribution in [0.25, 0.3) is 0 Å². The lowest BCUT2D eigenvalue weighted by atomic mass is 10.1. The fourth-order valence-electron chi connectivity index (χ4n) is 4.04. The molecule has 7 nitrogen and oxygen atoms in total. The summed E-state index contributed by atoms with van der Waals surface area (Å²) < 4.78 is 5.84. The van der Waals surface area contributed by atoms with Gasteiger partial charge in [0.2, 0.25) is 0 Å². The molecule has 2 aromatic carbocycles. The van der Waals surface area contributed by atoms with E-state index in [4.69, 9.17) is 32.9 Å². The number of carbonyl (C=O) groups excluding carboxylic acids is 1. The molecule has 0 saturated heterocycles. The predicted molar refractivity (Wildman–Crippen MR) is 140 cm³/mol. The summed E-state index contributed by atoms with van der Waals surface area (Å²) in [5.74, 6) is 0.00418. The van der Waals surface area contributed by atoms with Gasteiger partial charge in [-0.05, 0) is 73.2 Å². The largest absolute Gasteiger partial charge is 0.494 e. The van der Waals surface area contributed by atoms with Gasteiger partial charge in [0, 0.05) is 34.3 Å². The number of rotatable bonds is 10. The lowest BCUT2D eigenvalue weighted by Gasteiger charge is -2.17. The van der Waals surface area contributed by atoms with E-state index >= 15 is 0 Å². The second-order valence-corrected chi connectivity index (χ2v) is 9.54. The molecule has 3 aromatic rings. The van der Waals surface area contributed by atoms with Crippen molar-refractivity contribution >= 4 is 40.9 Å². The Bertz CT molecular complexity index is 1210. The number of nitrogens with one attached hydrogen (secondary N) is 2. The highest BCUT2D eigenvalue weighted by Gasteiger charge is 2.21. The first-order valence-corrected chi connectivity index (χ1v) is 12.6. The van der Waals surface area contributed by atoms with E-state index in [1.807, 2.05) is 0 Å². The zero-order chi connectivity index (χ0) is 25.5. The Balaban J connectivity index is 1.26. The molecule has 0 spiro atoms. The van der Waals surface area contributed by atoms with Crippen LogP contribution in [0.1, 0.15) is 40.0 Å². The molecule has 0 saturated carbocycles. The van der Waals surface area contributed by atoms with Gasteiger partial charge in [-0.3, -0.25) is 4.79 Å². The number of aliphatic carboxylic acids is 1. The third kappa shape index (κ3) is 7.12. The van der Waals surface area contributed by atoms with Crippen LogP contribution in [0.4, 0.5) is 5.82 Å². The number of carbonyl (C=O) groups is 2.